The van der Waals surface area contributed by atoms with Gasteiger partial charge in [-0.05, 0) is 61.2 Å². The Morgan fingerprint density at radius 1 is 1.56 bits per heavy atom. The number of thiophene rings is 1. The molecule has 25 heavy (non-hydrogen) atoms. The van der Waals surface area contributed by atoms with Crippen LogP contribution in [0, 0.1) is 17.2 Å². The van der Waals surface area contributed by atoms with E-state index in [9.17, 15) is 10.1 Å². The Hall–Kier alpha value is -2.43. The van der Waals surface area contributed by atoms with Crippen molar-refractivity contribution in [1.82, 2.24) is 5.32 Å². The molecule has 0 saturated carbocycles. The van der Waals surface area contributed by atoms with Crippen LogP contribution in [0.2, 0.25) is 0 Å². The summed E-state index contributed by atoms with van der Waals surface area (Å²) < 4.78 is 5.12. The molecule has 2 aromatic rings. The maximum absolute atomic E-state index is 11.9. The lowest BCUT2D eigenvalue weighted by molar-refractivity contribution is -0.115. The highest BCUT2D eigenvalue weighted by Crippen LogP contribution is 2.39. The number of carbonyl (C=O) groups excluding carboxylic acids is 1. The van der Waals surface area contributed by atoms with Crippen LogP contribution in [0.15, 0.2) is 28.9 Å². The van der Waals surface area contributed by atoms with Gasteiger partial charge in [0.2, 0.25) is 5.91 Å². The Morgan fingerprint density at radius 2 is 2.40 bits per heavy atom. The molecule has 7 heteroatoms. The van der Waals surface area contributed by atoms with Crippen molar-refractivity contribution in [2.24, 2.45) is 5.92 Å². The van der Waals surface area contributed by atoms with E-state index >= 15 is 0 Å². The van der Waals surface area contributed by atoms with Gasteiger partial charge in [0.1, 0.15) is 16.8 Å². The predicted octanol–water partition coefficient (Wildman–Crippen LogP) is 3.86. The summed E-state index contributed by atoms with van der Waals surface area (Å²) in [6, 6.07) is 5.76. The highest BCUT2D eigenvalue weighted by molar-refractivity contribution is 7.80. The highest BCUT2D eigenvalue weighted by atomic mass is 32.1. The summed E-state index contributed by atoms with van der Waals surface area (Å²) in [5.41, 5.74) is 1.77. The van der Waals surface area contributed by atoms with Gasteiger partial charge in [-0.3, -0.25) is 10.1 Å². The molecule has 128 valence electrons. The number of amides is 1. The van der Waals surface area contributed by atoms with Crippen molar-refractivity contribution in [3.8, 4) is 6.07 Å². The lowest BCUT2D eigenvalue weighted by Gasteiger charge is -2.17. The van der Waals surface area contributed by atoms with E-state index < -0.39 is 0 Å². The molecule has 0 fully saturated rings. The van der Waals surface area contributed by atoms with Gasteiger partial charge in [-0.25, -0.2) is 0 Å². The monoisotopic (exact) mass is 371 g/mol. The number of nitriles is 1. The number of carbonyl (C=O) groups is 1. The molecule has 1 amide bonds. The number of anilines is 1. The van der Waals surface area contributed by atoms with Crippen molar-refractivity contribution in [3.63, 3.8) is 0 Å². The van der Waals surface area contributed by atoms with E-state index in [-0.39, 0.29) is 11.0 Å². The quantitative estimate of drug-likeness (QED) is 0.633. The van der Waals surface area contributed by atoms with Gasteiger partial charge in [-0.2, -0.15) is 5.26 Å². The van der Waals surface area contributed by atoms with E-state index in [2.05, 4.69) is 23.6 Å². The van der Waals surface area contributed by atoms with Gasteiger partial charge in [-0.1, -0.05) is 6.92 Å². The Kier molecular flexibility index (Phi) is 5.31. The summed E-state index contributed by atoms with van der Waals surface area (Å²) in [4.78, 5) is 13.1. The van der Waals surface area contributed by atoms with Crippen molar-refractivity contribution in [2.75, 3.05) is 5.32 Å². The van der Waals surface area contributed by atoms with Crippen LogP contribution in [0.3, 0.4) is 0 Å². The molecule has 2 aromatic heterocycles. The van der Waals surface area contributed by atoms with Gasteiger partial charge >= 0.3 is 0 Å². The lowest BCUT2D eigenvalue weighted by Crippen LogP contribution is -2.32. The zero-order chi connectivity index (χ0) is 17.8. The number of thiocarbonyl (C=S) groups is 1. The summed E-state index contributed by atoms with van der Waals surface area (Å²) in [5, 5.41) is 15.9. The summed E-state index contributed by atoms with van der Waals surface area (Å²) in [6.45, 7) is 2.22. The van der Waals surface area contributed by atoms with E-state index in [0.29, 0.717) is 22.2 Å². The number of fused-ring (bicyclic) bond motifs is 1. The summed E-state index contributed by atoms with van der Waals surface area (Å²) in [7, 11) is 0. The number of nitrogens with zero attached hydrogens (tertiary/aromatic N) is 1. The molecule has 0 bridgehead atoms. The van der Waals surface area contributed by atoms with Crippen LogP contribution in [0.1, 0.15) is 35.1 Å². The molecule has 0 spiro atoms. The van der Waals surface area contributed by atoms with Crippen LogP contribution in [0.5, 0.6) is 0 Å². The first-order chi connectivity index (χ1) is 12.1. The van der Waals surface area contributed by atoms with Crippen molar-refractivity contribution in [3.05, 3.63) is 46.2 Å². The van der Waals surface area contributed by atoms with Crippen LogP contribution < -0.4 is 10.6 Å². The third-order valence-electron chi connectivity index (χ3n) is 4.03. The van der Waals surface area contributed by atoms with Crippen LogP contribution >= 0.6 is 23.6 Å². The number of furan rings is 1. The van der Waals surface area contributed by atoms with Crippen LogP contribution in [0.25, 0.3) is 6.08 Å². The molecule has 1 aliphatic rings. The second-order valence-corrected chi connectivity index (χ2v) is 7.47. The fourth-order valence-electron chi connectivity index (χ4n) is 2.79. The van der Waals surface area contributed by atoms with Gasteiger partial charge in [0.15, 0.2) is 5.11 Å². The van der Waals surface area contributed by atoms with Gasteiger partial charge in [0.05, 0.1) is 11.8 Å². The fourth-order valence-corrected chi connectivity index (χ4v) is 4.42. The van der Waals surface area contributed by atoms with Gasteiger partial charge in [-0.15, -0.1) is 11.3 Å². The average molecular weight is 371 g/mol. The minimum Gasteiger partial charge on any atom is -0.465 e. The zero-order valence-electron chi connectivity index (χ0n) is 13.7. The Labute approximate surface area is 155 Å². The highest BCUT2D eigenvalue weighted by Gasteiger charge is 2.24. The summed E-state index contributed by atoms with van der Waals surface area (Å²) in [6.07, 6.45) is 7.44. The van der Waals surface area contributed by atoms with Crippen molar-refractivity contribution in [2.45, 2.75) is 26.2 Å². The topological polar surface area (TPSA) is 78.1 Å². The summed E-state index contributed by atoms with van der Waals surface area (Å²) in [5.74, 6) is 0.854. The normalized spacial score (nSPS) is 16.2. The van der Waals surface area contributed by atoms with E-state index in [4.69, 9.17) is 16.6 Å². The molecule has 0 aromatic carbocycles. The van der Waals surface area contributed by atoms with E-state index in [1.54, 1.807) is 29.5 Å². The largest absolute Gasteiger partial charge is 0.465 e. The molecular formula is C18H17N3O2S2. The zero-order valence-corrected chi connectivity index (χ0v) is 15.3. The number of nitrogens with one attached hydrogen (secondary N) is 2. The molecule has 0 aliphatic heterocycles. The fraction of sp³-hybridized carbons (Fsp3) is 0.278. The standard InChI is InChI=1S/C18H17N3O2S2/c1-11-4-6-13-14(10-19)17(25-15(13)9-11)21-18(24)20-16(22)7-5-12-3-2-8-23-12/h2-3,5,7-8,11H,4,6,9H2,1H3,(H2,20,21,22,24)/b7-5+/t11-/m1/s1. The average Bonchev–Trinajstić information content (AvgIpc) is 3.19. The van der Waals surface area contributed by atoms with Crippen molar-refractivity contribution in [1.29, 1.82) is 5.26 Å². The number of hydrogen-bond acceptors (Lipinski definition) is 5. The van der Waals surface area contributed by atoms with E-state index in [1.807, 2.05) is 0 Å². The Morgan fingerprint density at radius 3 is 3.12 bits per heavy atom. The van der Waals surface area contributed by atoms with E-state index in [1.165, 1.54) is 17.2 Å². The first-order valence-corrected chi connectivity index (χ1v) is 9.17. The van der Waals surface area contributed by atoms with Crippen LogP contribution in [0.4, 0.5) is 5.00 Å². The Balaban J connectivity index is 1.65. The van der Waals surface area contributed by atoms with Crippen LogP contribution in [-0.4, -0.2) is 11.0 Å². The third-order valence-corrected chi connectivity index (χ3v) is 5.40. The molecule has 1 aliphatic carbocycles. The number of rotatable bonds is 3. The van der Waals surface area contributed by atoms with Gasteiger partial charge in [0.25, 0.3) is 0 Å². The van der Waals surface area contributed by atoms with Crippen LogP contribution in [-0.2, 0) is 17.6 Å². The molecule has 3 rings (SSSR count). The first kappa shape index (κ1) is 17.4. The molecule has 1 atom stereocenters. The Bertz CT molecular complexity index is 860. The summed E-state index contributed by atoms with van der Waals surface area (Å²) >= 11 is 6.75. The minimum absolute atomic E-state index is 0.178. The second kappa shape index (κ2) is 7.64. The SMILES string of the molecule is C[C@@H]1CCc2c(sc(NC(=S)NC(=O)/C=C/c3ccco3)c2C#N)C1. The molecule has 0 unspecified atom stereocenters. The minimum atomic E-state index is -0.359. The van der Waals surface area contributed by atoms with E-state index in [0.717, 1.165) is 24.8 Å². The van der Waals surface area contributed by atoms with Gasteiger partial charge < -0.3 is 9.73 Å². The van der Waals surface area contributed by atoms with Crippen molar-refractivity contribution < 1.29 is 9.21 Å². The molecule has 0 saturated heterocycles. The first-order valence-electron chi connectivity index (χ1n) is 7.95. The van der Waals surface area contributed by atoms with Gasteiger partial charge in [0, 0.05) is 11.0 Å². The smallest absolute Gasteiger partial charge is 0.250 e. The second-order valence-electron chi connectivity index (χ2n) is 5.96. The predicted molar refractivity (Wildman–Crippen MR) is 102 cm³/mol. The molecule has 2 heterocycles. The maximum Gasteiger partial charge on any atom is 0.250 e. The third kappa shape index (κ3) is 4.16. The molecule has 5 nitrogen and oxygen atoms in total. The van der Waals surface area contributed by atoms with Crippen molar-refractivity contribution >= 4 is 45.7 Å². The number of hydrogen-bond donors (Lipinski definition) is 2. The molecule has 0 radical (unpaired) electrons. The molecular weight excluding hydrogens is 354 g/mol. The lowest BCUT2D eigenvalue weighted by atomic mass is 9.89. The maximum atomic E-state index is 11.9. The molecule has 2 N–H and O–H groups in total.